The van der Waals surface area contributed by atoms with Gasteiger partial charge in [0.15, 0.2) is 0 Å². The molecule has 0 heterocycles. The van der Waals surface area contributed by atoms with Crippen molar-refractivity contribution in [2.75, 3.05) is 25.7 Å². The highest BCUT2D eigenvalue weighted by Crippen LogP contribution is 2.29. The smallest absolute Gasteiger partial charge is 0.328 e. The Labute approximate surface area is 225 Å². The molecule has 1 saturated carbocycles. The van der Waals surface area contributed by atoms with E-state index in [0.29, 0.717) is 41.3 Å². The van der Waals surface area contributed by atoms with Gasteiger partial charge in [-0.15, -0.1) is 0 Å². The standard InChI is InChI=1S/C28H38N2O5S2/c1-20-9-7-8-12-23(20)25-17-22(19-37(33,34)29-18-21-10-5-4-6-11-21)13-14-24(25)27(31)30-26(15-16-36-3)28(32)35-2/h7-9,12-14,17,21,26,29H,4-6,10-11,15-16,18-19H2,1-3H3,(H,30,31)/t26-/m0/s1. The second-order valence-corrected chi connectivity index (χ2v) is 12.4. The van der Waals surface area contributed by atoms with E-state index >= 15 is 0 Å². The highest BCUT2D eigenvalue weighted by Gasteiger charge is 2.24. The molecule has 1 aliphatic carbocycles. The molecule has 0 radical (unpaired) electrons. The van der Waals surface area contributed by atoms with Crippen LogP contribution in [0.25, 0.3) is 11.1 Å². The van der Waals surface area contributed by atoms with Crippen LogP contribution in [0.15, 0.2) is 42.5 Å². The van der Waals surface area contributed by atoms with Gasteiger partial charge in [0.25, 0.3) is 5.91 Å². The molecule has 1 amide bonds. The maximum absolute atomic E-state index is 13.4. The minimum atomic E-state index is -3.53. The number of ether oxygens (including phenoxy) is 1. The van der Waals surface area contributed by atoms with Gasteiger partial charge in [-0.3, -0.25) is 4.79 Å². The summed E-state index contributed by atoms with van der Waals surface area (Å²) in [5.41, 5.74) is 3.39. The Morgan fingerprint density at radius 1 is 1.08 bits per heavy atom. The molecule has 0 aromatic heterocycles. The zero-order valence-electron chi connectivity index (χ0n) is 21.9. The van der Waals surface area contributed by atoms with E-state index in [1.807, 2.05) is 37.4 Å². The number of rotatable bonds is 12. The van der Waals surface area contributed by atoms with Crippen LogP contribution in [-0.4, -0.2) is 52.0 Å². The molecule has 0 bridgehead atoms. The van der Waals surface area contributed by atoms with E-state index < -0.39 is 27.9 Å². The van der Waals surface area contributed by atoms with Crippen molar-refractivity contribution < 1.29 is 22.7 Å². The van der Waals surface area contributed by atoms with Gasteiger partial charge in [0.2, 0.25) is 10.0 Å². The second-order valence-electron chi connectivity index (χ2n) is 9.64. The molecule has 37 heavy (non-hydrogen) atoms. The highest BCUT2D eigenvalue weighted by molar-refractivity contribution is 7.98. The van der Waals surface area contributed by atoms with Crippen molar-refractivity contribution >= 4 is 33.7 Å². The van der Waals surface area contributed by atoms with Crippen LogP contribution in [0.1, 0.15) is 60.0 Å². The predicted molar refractivity (Wildman–Crippen MR) is 150 cm³/mol. The summed E-state index contributed by atoms with van der Waals surface area (Å²) in [6.45, 7) is 2.42. The molecule has 0 saturated heterocycles. The van der Waals surface area contributed by atoms with Gasteiger partial charge in [0.1, 0.15) is 6.04 Å². The molecule has 2 aromatic rings. The van der Waals surface area contributed by atoms with Crippen LogP contribution < -0.4 is 10.0 Å². The number of nitrogens with one attached hydrogen (secondary N) is 2. The Morgan fingerprint density at radius 3 is 2.49 bits per heavy atom. The molecule has 202 valence electrons. The average molecular weight is 547 g/mol. The largest absolute Gasteiger partial charge is 0.467 e. The third-order valence-electron chi connectivity index (χ3n) is 6.84. The minimum absolute atomic E-state index is 0.168. The first kappa shape index (κ1) is 29.2. The molecule has 7 nitrogen and oxygen atoms in total. The number of methoxy groups -OCH3 is 1. The third kappa shape index (κ3) is 8.58. The zero-order chi connectivity index (χ0) is 26.8. The van der Waals surface area contributed by atoms with Gasteiger partial charge in [0, 0.05) is 12.1 Å². The summed E-state index contributed by atoms with van der Waals surface area (Å²) < 4.78 is 33.4. The van der Waals surface area contributed by atoms with E-state index in [9.17, 15) is 18.0 Å². The van der Waals surface area contributed by atoms with Gasteiger partial charge in [0.05, 0.1) is 12.9 Å². The van der Waals surface area contributed by atoms with Crippen LogP contribution in [-0.2, 0) is 25.3 Å². The Morgan fingerprint density at radius 2 is 1.81 bits per heavy atom. The van der Waals surface area contributed by atoms with Gasteiger partial charge in [-0.05, 0) is 78.5 Å². The molecule has 2 aromatic carbocycles. The molecule has 2 N–H and O–H groups in total. The summed E-state index contributed by atoms with van der Waals surface area (Å²) in [6, 6.07) is 12.0. The Kier molecular flexibility index (Phi) is 11.0. The summed E-state index contributed by atoms with van der Waals surface area (Å²) in [7, 11) is -2.23. The topological polar surface area (TPSA) is 102 Å². The van der Waals surface area contributed by atoms with Crippen molar-refractivity contribution in [3.8, 4) is 11.1 Å². The molecule has 1 fully saturated rings. The quantitative estimate of drug-likeness (QED) is 0.375. The fourth-order valence-corrected chi connectivity index (χ4v) is 6.43. The van der Waals surface area contributed by atoms with Crippen molar-refractivity contribution in [2.45, 2.75) is 57.2 Å². The minimum Gasteiger partial charge on any atom is -0.467 e. The molecule has 3 rings (SSSR count). The van der Waals surface area contributed by atoms with E-state index in [1.165, 1.54) is 13.5 Å². The van der Waals surface area contributed by atoms with Crippen LogP contribution in [0.4, 0.5) is 0 Å². The van der Waals surface area contributed by atoms with E-state index in [1.54, 1.807) is 30.0 Å². The number of carbonyl (C=O) groups excluding carboxylic acids is 2. The van der Waals surface area contributed by atoms with Crippen molar-refractivity contribution in [2.24, 2.45) is 5.92 Å². The fraction of sp³-hybridized carbons (Fsp3) is 0.500. The molecule has 0 aliphatic heterocycles. The summed E-state index contributed by atoms with van der Waals surface area (Å²) >= 11 is 1.58. The third-order valence-corrected chi connectivity index (χ3v) is 8.80. The van der Waals surface area contributed by atoms with E-state index in [2.05, 4.69) is 10.0 Å². The van der Waals surface area contributed by atoms with Crippen LogP contribution in [0.3, 0.4) is 0 Å². The first-order valence-electron chi connectivity index (χ1n) is 12.8. The number of benzene rings is 2. The first-order valence-corrected chi connectivity index (χ1v) is 15.8. The average Bonchev–Trinajstić information content (AvgIpc) is 2.90. The fourth-order valence-electron chi connectivity index (χ4n) is 4.75. The normalized spacial score (nSPS) is 15.2. The Hall–Kier alpha value is -2.36. The number of aryl methyl sites for hydroxylation is 1. The van der Waals surface area contributed by atoms with Crippen LogP contribution in [0.5, 0.6) is 0 Å². The number of sulfonamides is 1. The number of amides is 1. The SMILES string of the molecule is COC(=O)[C@H](CCSC)NC(=O)c1ccc(CS(=O)(=O)NCC2CCCCC2)cc1-c1ccccc1C. The number of thioether (sulfide) groups is 1. The monoisotopic (exact) mass is 546 g/mol. The number of carbonyl (C=O) groups is 2. The lowest BCUT2D eigenvalue weighted by molar-refractivity contribution is -0.142. The van der Waals surface area contributed by atoms with Crippen LogP contribution in [0.2, 0.25) is 0 Å². The zero-order valence-corrected chi connectivity index (χ0v) is 23.6. The van der Waals surface area contributed by atoms with E-state index in [-0.39, 0.29) is 5.75 Å². The number of hydrogen-bond acceptors (Lipinski definition) is 6. The summed E-state index contributed by atoms with van der Waals surface area (Å²) in [4.78, 5) is 25.6. The summed E-state index contributed by atoms with van der Waals surface area (Å²) in [5.74, 6) is 0.0196. The Bertz CT molecular complexity index is 1180. The van der Waals surface area contributed by atoms with Gasteiger partial charge in [-0.2, -0.15) is 11.8 Å². The Balaban J connectivity index is 1.86. The summed E-state index contributed by atoms with van der Waals surface area (Å²) in [6.07, 6.45) is 8.04. The van der Waals surface area contributed by atoms with Crippen LogP contribution in [0, 0.1) is 12.8 Å². The van der Waals surface area contributed by atoms with E-state index in [4.69, 9.17) is 4.74 Å². The van der Waals surface area contributed by atoms with E-state index in [0.717, 1.165) is 36.8 Å². The van der Waals surface area contributed by atoms with Gasteiger partial charge < -0.3 is 10.1 Å². The maximum atomic E-state index is 13.4. The lowest BCUT2D eigenvalue weighted by atomic mass is 9.90. The molecule has 0 unspecified atom stereocenters. The van der Waals surface area contributed by atoms with Crippen molar-refractivity contribution in [1.82, 2.24) is 10.0 Å². The molecule has 0 spiro atoms. The van der Waals surface area contributed by atoms with Crippen molar-refractivity contribution in [3.63, 3.8) is 0 Å². The maximum Gasteiger partial charge on any atom is 0.328 e. The lowest BCUT2D eigenvalue weighted by Gasteiger charge is -2.22. The van der Waals surface area contributed by atoms with Crippen molar-refractivity contribution in [3.05, 3.63) is 59.2 Å². The first-order chi connectivity index (χ1) is 17.7. The van der Waals surface area contributed by atoms with Gasteiger partial charge in [-0.1, -0.05) is 49.6 Å². The number of hydrogen-bond donors (Lipinski definition) is 2. The summed E-state index contributed by atoms with van der Waals surface area (Å²) in [5, 5.41) is 2.82. The van der Waals surface area contributed by atoms with Gasteiger partial charge >= 0.3 is 5.97 Å². The predicted octanol–water partition coefficient (Wildman–Crippen LogP) is 4.69. The molecule has 1 aliphatic rings. The molecular formula is C28H38N2O5S2. The molecule has 1 atom stereocenters. The molecular weight excluding hydrogens is 508 g/mol. The lowest BCUT2D eigenvalue weighted by Crippen LogP contribution is -2.42. The highest BCUT2D eigenvalue weighted by atomic mass is 32.2. The van der Waals surface area contributed by atoms with Crippen molar-refractivity contribution in [1.29, 1.82) is 0 Å². The number of esters is 1. The van der Waals surface area contributed by atoms with Crippen LogP contribution >= 0.6 is 11.8 Å². The van der Waals surface area contributed by atoms with Gasteiger partial charge in [-0.25, -0.2) is 17.9 Å². The second kappa shape index (κ2) is 14.0. The molecule has 9 heteroatoms.